The van der Waals surface area contributed by atoms with Gasteiger partial charge < -0.3 is 10.2 Å². The van der Waals surface area contributed by atoms with E-state index in [1.54, 1.807) is 22.7 Å². The molecule has 0 spiro atoms. The van der Waals surface area contributed by atoms with Gasteiger partial charge in [0.1, 0.15) is 0 Å². The zero-order chi connectivity index (χ0) is 13.9. The van der Waals surface area contributed by atoms with Gasteiger partial charge in [0.15, 0.2) is 10.3 Å². The van der Waals surface area contributed by atoms with E-state index < -0.39 is 0 Å². The van der Waals surface area contributed by atoms with Crippen LogP contribution in [-0.2, 0) is 0 Å². The van der Waals surface area contributed by atoms with Crippen molar-refractivity contribution in [3.63, 3.8) is 0 Å². The molecule has 108 valence electrons. The smallest absolute Gasteiger partial charge is 0.186 e. The van der Waals surface area contributed by atoms with E-state index in [9.17, 15) is 0 Å². The zero-order valence-electron chi connectivity index (χ0n) is 12.0. The van der Waals surface area contributed by atoms with E-state index in [2.05, 4.69) is 27.5 Å². The molecule has 0 aliphatic carbocycles. The zero-order valence-corrected chi connectivity index (χ0v) is 13.6. The second-order valence-corrected chi connectivity index (χ2v) is 6.94. The van der Waals surface area contributed by atoms with Gasteiger partial charge >= 0.3 is 0 Å². The molecule has 1 saturated heterocycles. The van der Waals surface area contributed by atoms with Crippen molar-refractivity contribution >= 4 is 32.9 Å². The summed E-state index contributed by atoms with van der Waals surface area (Å²) < 4.78 is 0. The average molecular weight is 308 g/mol. The fourth-order valence-corrected chi connectivity index (χ4v) is 4.33. The van der Waals surface area contributed by atoms with Crippen LogP contribution in [0.1, 0.15) is 31.4 Å². The second-order valence-electron chi connectivity index (χ2n) is 5.10. The molecule has 0 saturated carbocycles. The van der Waals surface area contributed by atoms with Crippen molar-refractivity contribution in [3.05, 3.63) is 11.1 Å². The number of rotatable bonds is 3. The summed E-state index contributed by atoms with van der Waals surface area (Å²) in [7, 11) is 1.91. The monoisotopic (exact) mass is 308 g/mol. The predicted octanol–water partition coefficient (Wildman–Crippen LogP) is 4.00. The lowest BCUT2D eigenvalue weighted by Gasteiger charge is -2.18. The molecule has 0 bridgehead atoms. The molecule has 2 aromatic heterocycles. The molecule has 20 heavy (non-hydrogen) atoms. The van der Waals surface area contributed by atoms with Crippen LogP contribution in [0.3, 0.4) is 0 Å². The van der Waals surface area contributed by atoms with Crippen molar-refractivity contribution in [1.82, 2.24) is 9.97 Å². The van der Waals surface area contributed by atoms with Gasteiger partial charge in [-0.25, -0.2) is 9.97 Å². The largest absolute Gasteiger partial charge is 0.365 e. The first-order chi connectivity index (χ1) is 9.78. The van der Waals surface area contributed by atoms with Crippen molar-refractivity contribution < 1.29 is 0 Å². The normalized spacial score (nSPS) is 16.2. The Labute approximate surface area is 127 Å². The summed E-state index contributed by atoms with van der Waals surface area (Å²) in [5.41, 5.74) is 2.15. The third kappa shape index (κ3) is 2.81. The molecule has 1 aliphatic heterocycles. The van der Waals surface area contributed by atoms with E-state index >= 15 is 0 Å². The Kier molecular flexibility index (Phi) is 4.21. The summed E-state index contributed by atoms with van der Waals surface area (Å²) in [6.07, 6.45) is 5.28. The minimum Gasteiger partial charge on any atom is -0.365 e. The lowest BCUT2D eigenvalue weighted by molar-refractivity contribution is 0.726. The van der Waals surface area contributed by atoms with Gasteiger partial charge in [-0.15, -0.1) is 11.3 Å². The molecule has 1 N–H and O–H groups in total. The molecular formula is C14H20N4S2. The number of thiazole rings is 2. The van der Waals surface area contributed by atoms with E-state index in [1.807, 2.05) is 7.05 Å². The fourth-order valence-electron chi connectivity index (χ4n) is 2.51. The van der Waals surface area contributed by atoms with E-state index in [0.29, 0.717) is 0 Å². The number of nitrogens with zero attached hydrogens (tertiary/aromatic N) is 3. The highest BCUT2D eigenvalue weighted by Gasteiger charge is 2.18. The van der Waals surface area contributed by atoms with Crippen LogP contribution in [-0.4, -0.2) is 30.1 Å². The van der Waals surface area contributed by atoms with Crippen LogP contribution in [0, 0.1) is 6.92 Å². The summed E-state index contributed by atoms with van der Waals surface area (Å²) in [4.78, 5) is 13.0. The molecule has 0 amide bonds. The van der Waals surface area contributed by atoms with Gasteiger partial charge in [-0.05, 0) is 19.8 Å². The standard InChI is InChI=1S/C14H20N4S2/c1-10-12(11-9-19-13(15-2)17-11)20-14(16-10)18-7-5-3-4-6-8-18/h9H,3-8H2,1-2H3,(H,15,17). The van der Waals surface area contributed by atoms with E-state index in [4.69, 9.17) is 4.98 Å². The number of nitrogens with one attached hydrogen (secondary N) is 1. The van der Waals surface area contributed by atoms with Gasteiger partial charge in [0.25, 0.3) is 0 Å². The molecule has 0 atom stereocenters. The number of hydrogen-bond donors (Lipinski definition) is 1. The summed E-state index contributed by atoms with van der Waals surface area (Å²) in [6, 6.07) is 0. The van der Waals surface area contributed by atoms with Crippen molar-refractivity contribution in [1.29, 1.82) is 0 Å². The van der Waals surface area contributed by atoms with Gasteiger partial charge in [0.2, 0.25) is 0 Å². The second kappa shape index (κ2) is 6.10. The molecule has 4 nitrogen and oxygen atoms in total. The maximum absolute atomic E-state index is 4.78. The van der Waals surface area contributed by atoms with E-state index in [0.717, 1.165) is 29.6 Å². The van der Waals surface area contributed by atoms with Gasteiger partial charge in [-0.1, -0.05) is 24.2 Å². The highest BCUT2D eigenvalue weighted by atomic mass is 32.1. The van der Waals surface area contributed by atoms with Crippen molar-refractivity contribution in [2.75, 3.05) is 30.4 Å². The van der Waals surface area contributed by atoms with Crippen LogP contribution in [0.2, 0.25) is 0 Å². The lowest BCUT2D eigenvalue weighted by atomic mass is 10.2. The first-order valence-electron chi connectivity index (χ1n) is 7.14. The van der Waals surface area contributed by atoms with Crippen LogP contribution in [0.25, 0.3) is 10.6 Å². The molecular weight excluding hydrogens is 288 g/mol. The van der Waals surface area contributed by atoms with Crippen LogP contribution in [0.15, 0.2) is 5.38 Å². The highest BCUT2D eigenvalue weighted by molar-refractivity contribution is 7.19. The molecule has 1 aliphatic rings. The highest BCUT2D eigenvalue weighted by Crippen LogP contribution is 2.36. The van der Waals surface area contributed by atoms with Crippen LogP contribution < -0.4 is 10.2 Å². The average Bonchev–Trinajstić information content (AvgIpc) is 2.97. The maximum atomic E-state index is 4.78. The van der Waals surface area contributed by atoms with Crippen LogP contribution >= 0.6 is 22.7 Å². The predicted molar refractivity (Wildman–Crippen MR) is 88.2 cm³/mol. The topological polar surface area (TPSA) is 41.1 Å². The van der Waals surface area contributed by atoms with Gasteiger partial charge in [0, 0.05) is 25.5 Å². The molecule has 0 aromatic carbocycles. The first kappa shape index (κ1) is 13.8. The van der Waals surface area contributed by atoms with Crippen LogP contribution in [0.4, 0.5) is 10.3 Å². The SMILES string of the molecule is CNc1nc(-c2sc(N3CCCCCC3)nc2C)cs1. The Morgan fingerprint density at radius 2 is 1.90 bits per heavy atom. The molecule has 3 rings (SSSR count). The number of aromatic nitrogens is 2. The van der Waals surface area contributed by atoms with Gasteiger partial charge in [-0.3, -0.25) is 0 Å². The van der Waals surface area contributed by atoms with Gasteiger partial charge in [-0.2, -0.15) is 0 Å². The fraction of sp³-hybridized carbons (Fsp3) is 0.571. The molecule has 0 unspecified atom stereocenters. The summed E-state index contributed by atoms with van der Waals surface area (Å²) in [5, 5.41) is 7.33. The first-order valence-corrected chi connectivity index (χ1v) is 8.83. The Morgan fingerprint density at radius 3 is 2.55 bits per heavy atom. The number of anilines is 2. The Morgan fingerprint density at radius 1 is 1.15 bits per heavy atom. The summed E-state index contributed by atoms with van der Waals surface area (Å²) >= 11 is 3.43. The van der Waals surface area contributed by atoms with Crippen molar-refractivity contribution in [3.8, 4) is 10.6 Å². The summed E-state index contributed by atoms with van der Waals surface area (Å²) in [6.45, 7) is 4.38. The molecule has 3 heterocycles. The number of aryl methyl sites for hydroxylation is 1. The maximum Gasteiger partial charge on any atom is 0.186 e. The van der Waals surface area contributed by atoms with Crippen molar-refractivity contribution in [2.24, 2.45) is 0 Å². The Balaban J connectivity index is 1.86. The third-order valence-corrected chi connectivity index (χ3v) is 5.71. The minimum atomic E-state index is 0.962. The molecule has 1 fully saturated rings. The number of hydrogen-bond acceptors (Lipinski definition) is 6. The Bertz CT molecular complexity index is 567. The molecule has 6 heteroatoms. The lowest BCUT2D eigenvalue weighted by Crippen LogP contribution is -2.23. The third-order valence-electron chi connectivity index (χ3n) is 3.61. The minimum absolute atomic E-state index is 0.962. The van der Waals surface area contributed by atoms with Crippen molar-refractivity contribution in [2.45, 2.75) is 32.6 Å². The quantitative estimate of drug-likeness (QED) is 0.930. The van der Waals surface area contributed by atoms with Gasteiger partial charge in [0.05, 0.1) is 16.3 Å². The Hall–Kier alpha value is -1.14. The summed E-state index contributed by atoms with van der Waals surface area (Å²) in [5.74, 6) is 0. The molecule has 0 radical (unpaired) electrons. The van der Waals surface area contributed by atoms with E-state index in [-0.39, 0.29) is 0 Å². The molecule has 2 aromatic rings. The van der Waals surface area contributed by atoms with Crippen LogP contribution in [0.5, 0.6) is 0 Å². The van der Waals surface area contributed by atoms with E-state index in [1.165, 1.54) is 35.7 Å².